The molecular weight excluding hydrogens is 210 g/mol. The molecule has 1 fully saturated rings. The Kier molecular flexibility index (Phi) is 3.51. The fourth-order valence-electron chi connectivity index (χ4n) is 1.74. The Balaban J connectivity index is 2.42. The normalized spacial score (nSPS) is 20.7. The van der Waals surface area contributed by atoms with Crippen molar-refractivity contribution in [2.45, 2.75) is 45.4 Å². The Hall–Kier alpha value is -0.0900. The standard InChI is InChI=1S/C11H23NO2S/c1-9(2)15(13,14)8-10-6-12(7-10)11(3,4)5/h9-10H,6-8H2,1-5H3. The summed E-state index contributed by atoms with van der Waals surface area (Å²) in [7, 11) is -2.85. The summed E-state index contributed by atoms with van der Waals surface area (Å²) in [5, 5.41) is -0.235. The van der Waals surface area contributed by atoms with Crippen molar-refractivity contribution in [3.8, 4) is 0 Å². The minimum absolute atomic E-state index is 0.179. The van der Waals surface area contributed by atoms with Crippen molar-refractivity contribution in [2.75, 3.05) is 18.8 Å². The third-order valence-corrected chi connectivity index (χ3v) is 5.46. The summed E-state index contributed by atoms with van der Waals surface area (Å²) in [6, 6.07) is 0. The van der Waals surface area contributed by atoms with Gasteiger partial charge < -0.3 is 0 Å². The molecule has 3 nitrogen and oxygen atoms in total. The van der Waals surface area contributed by atoms with Crippen LogP contribution in [0.3, 0.4) is 0 Å². The molecule has 0 unspecified atom stereocenters. The van der Waals surface area contributed by atoms with Gasteiger partial charge in [0.25, 0.3) is 0 Å². The molecule has 0 amide bonds. The van der Waals surface area contributed by atoms with Crippen molar-refractivity contribution in [3.05, 3.63) is 0 Å². The average molecular weight is 233 g/mol. The number of rotatable bonds is 3. The third kappa shape index (κ3) is 3.18. The predicted octanol–water partition coefficient (Wildman–Crippen LogP) is 1.54. The molecule has 1 saturated heterocycles. The first-order valence-corrected chi connectivity index (χ1v) is 7.31. The van der Waals surface area contributed by atoms with E-state index in [1.165, 1.54) is 0 Å². The van der Waals surface area contributed by atoms with Crippen LogP contribution >= 0.6 is 0 Å². The minimum Gasteiger partial charge on any atom is -0.298 e. The fourth-order valence-corrected chi connectivity index (χ4v) is 3.00. The van der Waals surface area contributed by atoms with Gasteiger partial charge in [0.1, 0.15) is 0 Å². The van der Waals surface area contributed by atoms with Crippen LogP contribution in [0.2, 0.25) is 0 Å². The zero-order valence-electron chi connectivity index (χ0n) is 10.4. The van der Waals surface area contributed by atoms with E-state index in [1.807, 2.05) is 0 Å². The molecule has 0 N–H and O–H groups in total. The van der Waals surface area contributed by atoms with Crippen LogP contribution in [-0.2, 0) is 9.84 Å². The lowest BCUT2D eigenvalue weighted by Gasteiger charge is -2.47. The Morgan fingerprint density at radius 3 is 2.07 bits per heavy atom. The summed E-state index contributed by atoms with van der Waals surface area (Å²) in [4.78, 5) is 2.33. The van der Waals surface area contributed by atoms with Crippen LogP contribution in [-0.4, -0.2) is 42.9 Å². The molecule has 0 saturated carbocycles. The highest BCUT2D eigenvalue weighted by Crippen LogP contribution is 2.26. The molecular formula is C11H23NO2S. The smallest absolute Gasteiger partial charge is 0.152 e. The SMILES string of the molecule is CC(C)S(=O)(=O)CC1CN(C(C)(C)C)C1. The van der Waals surface area contributed by atoms with Crippen molar-refractivity contribution in [1.82, 2.24) is 4.90 Å². The summed E-state index contributed by atoms with van der Waals surface area (Å²) in [6.07, 6.45) is 0. The lowest BCUT2D eigenvalue weighted by molar-refractivity contribution is 0.0237. The van der Waals surface area contributed by atoms with Crippen molar-refractivity contribution >= 4 is 9.84 Å². The minimum atomic E-state index is -2.85. The molecule has 1 rings (SSSR count). The average Bonchev–Trinajstić information content (AvgIpc) is 1.93. The number of nitrogens with zero attached hydrogens (tertiary/aromatic N) is 1. The first-order valence-electron chi connectivity index (χ1n) is 5.59. The van der Waals surface area contributed by atoms with Gasteiger partial charge in [-0.25, -0.2) is 8.42 Å². The van der Waals surface area contributed by atoms with Crippen molar-refractivity contribution in [1.29, 1.82) is 0 Å². The van der Waals surface area contributed by atoms with Crippen LogP contribution in [0.4, 0.5) is 0 Å². The van der Waals surface area contributed by atoms with Crippen LogP contribution < -0.4 is 0 Å². The first kappa shape index (κ1) is 13.0. The summed E-state index contributed by atoms with van der Waals surface area (Å²) in [5.41, 5.74) is 0.179. The number of sulfone groups is 1. The molecule has 1 aliphatic rings. The van der Waals surface area contributed by atoms with Crippen LogP contribution in [0.15, 0.2) is 0 Å². The highest BCUT2D eigenvalue weighted by atomic mass is 32.2. The van der Waals surface area contributed by atoms with E-state index in [4.69, 9.17) is 0 Å². The van der Waals surface area contributed by atoms with Crippen molar-refractivity contribution in [2.24, 2.45) is 5.92 Å². The zero-order valence-corrected chi connectivity index (χ0v) is 11.3. The van der Waals surface area contributed by atoms with E-state index in [2.05, 4.69) is 25.7 Å². The molecule has 0 aromatic carbocycles. The molecule has 90 valence electrons. The Morgan fingerprint density at radius 1 is 1.27 bits per heavy atom. The third-order valence-electron chi connectivity index (χ3n) is 3.09. The number of hydrogen-bond donors (Lipinski definition) is 0. The maximum atomic E-state index is 11.7. The van der Waals surface area contributed by atoms with Crippen LogP contribution in [0.25, 0.3) is 0 Å². The maximum absolute atomic E-state index is 11.7. The Labute approximate surface area is 93.8 Å². The van der Waals surface area contributed by atoms with Crippen LogP contribution in [0.1, 0.15) is 34.6 Å². The predicted molar refractivity (Wildman–Crippen MR) is 63.7 cm³/mol. The molecule has 0 radical (unpaired) electrons. The highest BCUT2D eigenvalue weighted by molar-refractivity contribution is 7.91. The van der Waals surface area contributed by atoms with E-state index in [9.17, 15) is 8.42 Å². The molecule has 0 aromatic heterocycles. The van der Waals surface area contributed by atoms with E-state index in [0.717, 1.165) is 13.1 Å². The zero-order chi connectivity index (χ0) is 11.9. The Bertz CT molecular complexity index is 308. The van der Waals surface area contributed by atoms with Gasteiger partial charge in [-0.1, -0.05) is 0 Å². The van der Waals surface area contributed by atoms with Gasteiger partial charge in [-0.15, -0.1) is 0 Å². The molecule has 0 aromatic rings. The largest absolute Gasteiger partial charge is 0.298 e. The summed E-state index contributed by atoms with van der Waals surface area (Å²) in [6.45, 7) is 11.9. The first-order chi connectivity index (χ1) is 6.63. The second kappa shape index (κ2) is 4.06. The van der Waals surface area contributed by atoms with Gasteiger partial charge in [0, 0.05) is 18.6 Å². The van der Waals surface area contributed by atoms with Crippen molar-refractivity contribution in [3.63, 3.8) is 0 Å². The summed E-state index contributed by atoms with van der Waals surface area (Å²) < 4.78 is 23.3. The molecule has 0 bridgehead atoms. The summed E-state index contributed by atoms with van der Waals surface area (Å²) in [5.74, 6) is 0.702. The van der Waals surface area contributed by atoms with Gasteiger partial charge in [0.15, 0.2) is 9.84 Å². The van der Waals surface area contributed by atoms with E-state index in [1.54, 1.807) is 13.8 Å². The van der Waals surface area contributed by atoms with Gasteiger partial charge in [-0.05, 0) is 40.5 Å². The van der Waals surface area contributed by atoms with E-state index >= 15 is 0 Å². The molecule has 0 aliphatic carbocycles. The van der Waals surface area contributed by atoms with E-state index in [0.29, 0.717) is 11.7 Å². The van der Waals surface area contributed by atoms with Gasteiger partial charge in [-0.3, -0.25) is 4.90 Å². The Morgan fingerprint density at radius 2 is 1.73 bits per heavy atom. The molecule has 1 heterocycles. The van der Waals surface area contributed by atoms with Crippen molar-refractivity contribution < 1.29 is 8.42 Å². The fraction of sp³-hybridized carbons (Fsp3) is 1.00. The van der Waals surface area contributed by atoms with Crippen LogP contribution in [0.5, 0.6) is 0 Å². The lowest BCUT2D eigenvalue weighted by Crippen LogP contribution is -2.57. The quantitative estimate of drug-likeness (QED) is 0.742. The van der Waals surface area contributed by atoms with Crippen LogP contribution in [0, 0.1) is 5.92 Å². The van der Waals surface area contributed by atoms with E-state index in [-0.39, 0.29) is 10.8 Å². The number of hydrogen-bond acceptors (Lipinski definition) is 3. The molecule has 15 heavy (non-hydrogen) atoms. The molecule has 1 aliphatic heterocycles. The second-order valence-electron chi connectivity index (χ2n) is 5.82. The van der Waals surface area contributed by atoms with Gasteiger partial charge in [0.2, 0.25) is 0 Å². The van der Waals surface area contributed by atoms with Gasteiger partial charge in [0.05, 0.1) is 11.0 Å². The lowest BCUT2D eigenvalue weighted by atomic mass is 9.94. The topological polar surface area (TPSA) is 37.4 Å². The molecule has 0 atom stereocenters. The van der Waals surface area contributed by atoms with E-state index < -0.39 is 9.84 Å². The monoisotopic (exact) mass is 233 g/mol. The molecule has 0 spiro atoms. The molecule has 4 heteroatoms. The van der Waals surface area contributed by atoms with Gasteiger partial charge >= 0.3 is 0 Å². The number of likely N-dealkylation sites (tertiary alicyclic amines) is 1. The maximum Gasteiger partial charge on any atom is 0.152 e. The summed E-state index contributed by atoms with van der Waals surface area (Å²) >= 11 is 0. The second-order valence-corrected chi connectivity index (χ2v) is 8.42. The highest BCUT2D eigenvalue weighted by Gasteiger charge is 2.37. The van der Waals surface area contributed by atoms with Gasteiger partial charge in [-0.2, -0.15) is 0 Å².